The van der Waals surface area contributed by atoms with Crippen LogP contribution in [-0.2, 0) is 10.0 Å². The van der Waals surface area contributed by atoms with Crippen molar-refractivity contribution in [1.29, 1.82) is 0 Å². The number of hydrogen-bond donors (Lipinski definition) is 1. The van der Waals surface area contributed by atoms with Gasteiger partial charge in [0.05, 0.1) is 23.4 Å². The summed E-state index contributed by atoms with van der Waals surface area (Å²) in [7, 11) is -2.18. The fraction of sp³-hybridized carbons (Fsp3) is 0.188. The van der Waals surface area contributed by atoms with Crippen molar-refractivity contribution in [3.05, 3.63) is 53.9 Å². The second kappa shape index (κ2) is 6.52. The maximum absolute atomic E-state index is 12.6. The smallest absolute Gasteiger partial charge is 0.261 e. The molecule has 0 fully saturated rings. The molecule has 0 aliphatic heterocycles. The molecule has 1 heterocycles. The fourth-order valence-electron chi connectivity index (χ4n) is 2.40. The molecular weight excluding hydrogens is 342 g/mol. The lowest BCUT2D eigenvalue weighted by atomic mass is 10.2. The van der Waals surface area contributed by atoms with Crippen LogP contribution in [0.15, 0.2) is 47.4 Å². The number of ether oxygens (including phenoxy) is 1. The average molecular weight is 359 g/mol. The summed E-state index contributed by atoms with van der Waals surface area (Å²) in [4.78, 5) is 0.162. The van der Waals surface area contributed by atoms with Gasteiger partial charge in [-0.1, -0.05) is 6.07 Å². The monoisotopic (exact) mass is 359 g/mol. The van der Waals surface area contributed by atoms with E-state index in [1.165, 1.54) is 10.7 Å². The third-order valence-corrected chi connectivity index (χ3v) is 5.02. The number of aryl methyl sites for hydroxylation is 2. The maximum Gasteiger partial charge on any atom is 0.261 e. The van der Waals surface area contributed by atoms with Crippen molar-refractivity contribution in [2.45, 2.75) is 18.7 Å². The second-order valence-corrected chi connectivity index (χ2v) is 7.11. The highest BCUT2D eigenvalue weighted by Crippen LogP contribution is 2.24. The topological polar surface area (TPSA) is 99.0 Å². The van der Waals surface area contributed by atoms with E-state index in [0.717, 1.165) is 5.56 Å². The Morgan fingerprint density at radius 1 is 1.12 bits per heavy atom. The first kappa shape index (κ1) is 16.9. The van der Waals surface area contributed by atoms with Crippen molar-refractivity contribution in [3.8, 4) is 11.4 Å². The minimum Gasteiger partial charge on any atom is -0.496 e. The van der Waals surface area contributed by atoms with Gasteiger partial charge in [0, 0.05) is 0 Å². The van der Waals surface area contributed by atoms with Gasteiger partial charge in [-0.3, -0.25) is 4.72 Å². The van der Waals surface area contributed by atoms with Gasteiger partial charge in [0.15, 0.2) is 5.82 Å². The highest BCUT2D eigenvalue weighted by molar-refractivity contribution is 7.92. The van der Waals surface area contributed by atoms with E-state index < -0.39 is 10.0 Å². The standard InChI is InChI=1S/C16H17N5O3S/c1-11-9-15(7-8-16(11)24-3)25(22,23)18-13-5-4-6-14(10-13)21-12(2)17-19-20-21/h4-10,18H,1-3H3. The number of sulfonamides is 1. The predicted octanol–water partition coefficient (Wildman–Crippen LogP) is 2.09. The largest absolute Gasteiger partial charge is 0.496 e. The Morgan fingerprint density at radius 3 is 2.56 bits per heavy atom. The van der Waals surface area contributed by atoms with E-state index in [2.05, 4.69) is 20.2 Å². The second-order valence-electron chi connectivity index (χ2n) is 5.43. The normalized spacial score (nSPS) is 11.3. The van der Waals surface area contributed by atoms with Crippen LogP contribution in [0.2, 0.25) is 0 Å². The maximum atomic E-state index is 12.6. The average Bonchev–Trinajstić information content (AvgIpc) is 3.00. The lowest BCUT2D eigenvalue weighted by Gasteiger charge is -2.11. The molecule has 0 atom stereocenters. The predicted molar refractivity (Wildman–Crippen MR) is 92.4 cm³/mol. The van der Waals surface area contributed by atoms with Crippen LogP contribution in [0.5, 0.6) is 5.75 Å². The van der Waals surface area contributed by atoms with E-state index in [0.29, 0.717) is 22.9 Å². The van der Waals surface area contributed by atoms with Gasteiger partial charge in [-0.15, -0.1) is 5.10 Å². The third-order valence-electron chi connectivity index (χ3n) is 3.64. The van der Waals surface area contributed by atoms with Crippen molar-refractivity contribution in [3.63, 3.8) is 0 Å². The van der Waals surface area contributed by atoms with Crippen molar-refractivity contribution in [2.24, 2.45) is 0 Å². The summed E-state index contributed by atoms with van der Waals surface area (Å²) < 4.78 is 34.5. The molecule has 3 aromatic rings. The molecular formula is C16H17N5O3S. The molecule has 0 aliphatic carbocycles. The fourth-order valence-corrected chi connectivity index (χ4v) is 3.54. The number of benzene rings is 2. The molecule has 25 heavy (non-hydrogen) atoms. The zero-order chi connectivity index (χ0) is 18.0. The Morgan fingerprint density at radius 2 is 1.92 bits per heavy atom. The van der Waals surface area contributed by atoms with Crippen LogP contribution >= 0.6 is 0 Å². The van der Waals surface area contributed by atoms with Crippen molar-refractivity contribution in [2.75, 3.05) is 11.8 Å². The van der Waals surface area contributed by atoms with Crippen LogP contribution < -0.4 is 9.46 Å². The quantitative estimate of drug-likeness (QED) is 0.749. The first-order chi connectivity index (χ1) is 11.9. The van der Waals surface area contributed by atoms with Gasteiger partial charge >= 0.3 is 0 Å². The Hall–Kier alpha value is -2.94. The number of tetrazole rings is 1. The molecule has 9 heteroatoms. The molecule has 0 saturated heterocycles. The minimum absolute atomic E-state index is 0.162. The summed E-state index contributed by atoms with van der Waals surface area (Å²) in [5, 5.41) is 11.3. The molecule has 3 rings (SSSR count). The SMILES string of the molecule is COc1ccc(S(=O)(=O)Nc2cccc(-n3nnnc3C)c2)cc1C. The van der Waals surface area contributed by atoms with E-state index in [9.17, 15) is 8.42 Å². The summed E-state index contributed by atoms with van der Waals surface area (Å²) in [6, 6.07) is 11.5. The number of anilines is 1. The molecule has 0 aliphatic rings. The summed E-state index contributed by atoms with van der Waals surface area (Å²) in [6.45, 7) is 3.55. The van der Waals surface area contributed by atoms with Gasteiger partial charge in [-0.2, -0.15) is 4.68 Å². The molecule has 8 nitrogen and oxygen atoms in total. The Labute approximate surface area is 145 Å². The minimum atomic E-state index is -3.72. The van der Waals surface area contributed by atoms with E-state index in [-0.39, 0.29) is 4.90 Å². The van der Waals surface area contributed by atoms with Gasteiger partial charge in [0.2, 0.25) is 0 Å². The number of methoxy groups -OCH3 is 1. The first-order valence-corrected chi connectivity index (χ1v) is 8.92. The van der Waals surface area contributed by atoms with Gasteiger partial charge in [0.25, 0.3) is 10.0 Å². The number of rotatable bonds is 5. The van der Waals surface area contributed by atoms with Crippen LogP contribution in [-0.4, -0.2) is 35.7 Å². The van der Waals surface area contributed by atoms with Gasteiger partial charge < -0.3 is 4.74 Å². The Bertz CT molecular complexity index is 1010. The highest BCUT2D eigenvalue weighted by Gasteiger charge is 2.16. The van der Waals surface area contributed by atoms with Crippen molar-refractivity contribution >= 4 is 15.7 Å². The first-order valence-electron chi connectivity index (χ1n) is 7.43. The molecule has 0 saturated carbocycles. The number of hydrogen-bond acceptors (Lipinski definition) is 6. The zero-order valence-electron chi connectivity index (χ0n) is 14.0. The van der Waals surface area contributed by atoms with Crippen LogP contribution in [0, 0.1) is 13.8 Å². The molecule has 0 amide bonds. The molecule has 130 valence electrons. The van der Waals surface area contributed by atoms with Gasteiger partial charge in [-0.25, -0.2) is 8.42 Å². The van der Waals surface area contributed by atoms with E-state index >= 15 is 0 Å². The third kappa shape index (κ3) is 3.45. The van der Waals surface area contributed by atoms with Crippen LogP contribution in [0.3, 0.4) is 0 Å². The molecule has 0 unspecified atom stereocenters. The Kier molecular flexibility index (Phi) is 4.41. The van der Waals surface area contributed by atoms with Gasteiger partial charge in [-0.05, 0) is 66.2 Å². The van der Waals surface area contributed by atoms with E-state index in [1.54, 1.807) is 57.4 Å². The Balaban J connectivity index is 1.91. The molecule has 2 aromatic carbocycles. The van der Waals surface area contributed by atoms with Crippen LogP contribution in [0.25, 0.3) is 5.69 Å². The molecule has 1 N–H and O–H groups in total. The lowest BCUT2D eigenvalue weighted by Crippen LogP contribution is -2.13. The highest BCUT2D eigenvalue weighted by atomic mass is 32.2. The van der Waals surface area contributed by atoms with Crippen molar-refractivity contribution < 1.29 is 13.2 Å². The molecule has 0 bridgehead atoms. The summed E-state index contributed by atoms with van der Waals surface area (Å²) in [6.07, 6.45) is 0. The summed E-state index contributed by atoms with van der Waals surface area (Å²) in [5.41, 5.74) is 1.82. The zero-order valence-corrected chi connectivity index (χ0v) is 14.8. The number of nitrogens with one attached hydrogen (secondary N) is 1. The number of nitrogens with zero attached hydrogens (tertiary/aromatic N) is 4. The van der Waals surface area contributed by atoms with E-state index in [1.807, 2.05) is 0 Å². The van der Waals surface area contributed by atoms with Crippen LogP contribution in [0.4, 0.5) is 5.69 Å². The van der Waals surface area contributed by atoms with Crippen LogP contribution in [0.1, 0.15) is 11.4 Å². The van der Waals surface area contributed by atoms with E-state index in [4.69, 9.17) is 4.74 Å². The number of aromatic nitrogens is 4. The summed E-state index contributed by atoms with van der Waals surface area (Å²) >= 11 is 0. The lowest BCUT2D eigenvalue weighted by molar-refractivity contribution is 0.411. The molecule has 1 aromatic heterocycles. The molecule has 0 spiro atoms. The van der Waals surface area contributed by atoms with Gasteiger partial charge in [0.1, 0.15) is 5.75 Å². The van der Waals surface area contributed by atoms with Crippen molar-refractivity contribution in [1.82, 2.24) is 20.2 Å². The molecule has 0 radical (unpaired) electrons. The summed E-state index contributed by atoms with van der Waals surface area (Å²) in [5.74, 6) is 1.24.